The van der Waals surface area contributed by atoms with Gasteiger partial charge in [-0.3, -0.25) is 4.79 Å². The maximum Gasteiger partial charge on any atom is 0.255 e. The Balaban J connectivity index is 2.76. The number of methoxy groups -OCH3 is 2. The molecule has 5 nitrogen and oxygen atoms in total. The minimum Gasteiger partial charge on any atom is -0.493 e. The topological polar surface area (TPSA) is 73.6 Å². The van der Waals surface area contributed by atoms with E-state index in [0.29, 0.717) is 36.1 Å². The highest BCUT2D eigenvalue weighted by molar-refractivity contribution is 5.97. The van der Waals surface area contributed by atoms with Crippen LogP contribution in [0.3, 0.4) is 0 Å². The van der Waals surface area contributed by atoms with Crippen molar-refractivity contribution >= 4 is 5.91 Å². The number of ether oxygens (including phenoxy) is 2. The summed E-state index contributed by atoms with van der Waals surface area (Å²) >= 11 is 0. The van der Waals surface area contributed by atoms with Gasteiger partial charge < -0.3 is 20.5 Å². The van der Waals surface area contributed by atoms with Crippen molar-refractivity contribution in [2.75, 3.05) is 27.3 Å². The van der Waals surface area contributed by atoms with Crippen molar-refractivity contribution in [1.82, 2.24) is 5.32 Å². The molecular formula is C14H22N2O3. The fourth-order valence-corrected chi connectivity index (χ4v) is 1.81. The summed E-state index contributed by atoms with van der Waals surface area (Å²) in [5, 5.41) is 2.88. The van der Waals surface area contributed by atoms with Crippen molar-refractivity contribution in [2.24, 2.45) is 11.7 Å². The fourth-order valence-electron chi connectivity index (χ4n) is 1.81. The minimum atomic E-state index is -0.167. The predicted octanol–water partition coefficient (Wildman–Crippen LogP) is 1.42. The molecule has 106 valence electrons. The third kappa shape index (κ3) is 4.13. The molecule has 0 aliphatic heterocycles. The number of amides is 1. The van der Waals surface area contributed by atoms with E-state index < -0.39 is 0 Å². The molecule has 1 rings (SSSR count). The Morgan fingerprint density at radius 1 is 1.37 bits per heavy atom. The van der Waals surface area contributed by atoms with Crippen LogP contribution < -0.4 is 20.5 Å². The Kier molecular flexibility index (Phi) is 6.15. The Labute approximate surface area is 114 Å². The SMILES string of the molecule is COc1cccc(C(=O)NCC(C)CCN)c1OC. The van der Waals surface area contributed by atoms with Gasteiger partial charge in [0.1, 0.15) is 0 Å². The first-order valence-corrected chi connectivity index (χ1v) is 6.33. The van der Waals surface area contributed by atoms with Crippen LogP contribution >= 0.6 is 0 Å². The van der Waals surface area contributed by atoms with Crippen LogP contribution in [0.2, 0.25) is 0 Å². The van der Waals surface area contributed by atoms with Crippen LogP contribution in [-0.2, 0) is 0 Å². The lowest BCUT2D eigenvalue weighted by atomic mass is 10.1. The van der Waals surface area contributed by atoms with E-state index in [-0.39, 0.29) is 5.91 Å². The first-order chi connectivity index (χ1) is 9.13. The lowest BCUT2D eigenvalue weighted by Gasteiger charge is -2.14. The van der Waals surface area contributed by atoms with E-state index in [1.54, 1.807) is 25.3 Å². The largest absolute Gasteiger partial charge is 0.493 e. The number of nitrogens with two attached hydrogens (primary N) is 1. The van der Waals surface area contributed by atoms with E-state index in [2.05, 4.69) is 12.2 Å². The monoisotopic (exact) mass is 266 g/mol. The van der Waals surface area contributed by atoms with Gasteiger partial charge in [-0.2, -0.15) is 0 Å². The Bertz CT molecular complexity index is 421. The van der Waals surface area contributed by atoms with E-state index in [1.165, 1.54) is 7.11 Å². The van der Waals surface area contributed by atoms with Crippen molar-refractivity contribution in [1.29, 1.82) is 0 Å². The molecule has 5 heteroatoms. The van der Waals surface area contributed by atoms with Crippen LogP contribution in [0.4, 0.5) is 0 Å². The first kappa shape index (κ1) is 15.3. The highest BCUT2D eigenvalue weighted by atomic mass is 16.5. The summed E-state index contributed by atoms with van der Waals surface area (Å²) < 4.78 is 10.4. The number of benzene rings is 1. The summed E-state index contributed by atoms with van der Waals surface area (Å²) in [6.45, 7) is 3.27. The second kappa shape index (κ2) is 7.63. The highest BCUT2D eigenvalue weighted by Crippen LogP contribution is 2.30. The van der Waals surface area contributed by atoms with Gasteiger partial charge in [-0.1, -0.05) is 13.0 Å². The van der Waals surface area contributed by atoms with Crippen LogP contribution in [0.25, 0.3) is 0 Å². The summed E-state index contributed by atoms with van der Waals surface area (Å²) in [5.41, 5.74) is 5.96. The summed E-state index contributed by atoms with van der Waals surface area (Å²) in [7, 11) is 3.06. The smallest absolute Gasteiger partial charge is 0.255 e. The predicted molar refractivity (Wildman–Crippen MR) is 74.7 cm³/mol. The van der Waals surface area contributed by atoms with E-state index in [0.717, 1.165) is 6.42 Å². The zero-order chi connectivity index (χ0) is 14.3. The van der Waals surface area contributed by atoms with Crippen LogP contribution in [-0.4, -0.2) is 33.2 Å². The summed E-state index contributed by atoms with van der Waals surface area (Å²) in [6.07, 6.45) is 0.884. The molecule has 0 radical (unpaired) electrons. The molecule has 0 spiro atoms. The maximum absolute atomic E-state index is 12.1. The van der Waals surface area contributed by atoms with Gasteiger partial charge in [-0.25, -0.2) is 0 Å². The molecule has 0 heterocycles. The van der Waals surface area contributed by atoms with Crippen LogP contribution in [0.15, 0.2) is 18.2 Å². The van der Waals surface area contributed by atoms with Crippen molar-refractivity contribution in [2.45, 2.75) is 13.3 Å². The molecule has 0 fully saturated rings. The molecule has 1 amide bonds. The number of para-hydroxylation sites is 1. The molecule has 1 aromatic rings. The van der Waals surface area contributed by atoms with Gasteiger partial charge in [-0.15, -0.1) is 0 Å². The van der Waals surface area contributed by atoms with Crippen LogP contribution in [0.1, 0.15) is 23.7 Å². The summed E-state index contributed by atoms with van der Waals surface area (Å²) in [5.74, 6) is 1.18. The lowest BCUT2D eigenvalue weighted by Crippen LogP contribution is -2.29. The van der Waals surface area contributed by atoms with Crippen molar-refractivity contribution in [3.8, 4) is 11.5 Å². The molecule has 1 atom stereocenters. The molecule has 0 saturated carbocycles. The number of hydrogen-bond donors (Lipinski definition) is 2. The average molecular weight is 266 g/mol. The Morgan fingerprint density at radius 2 is 2.11 bits per heavy atom. The number of carbonyl (C=O) groups is 1. The highest BCUT2D eigenvalue weighted by Gasteiger charge is 2.16. The van der Waals surface area contributed by atoms with Gasteiger partial charge in [0.2, 0.25) is 0 Å². The second-order valence-electron chi connectivity index (χ2n) is 4.43. The molecular weight excluding hydrogens is 244 g/mol. The third-order valence-electron chi connectivity index (χ3n) is 2.92. The van der Waals surface area contributed by atoms with E-state index >= 15 is 0 Å². The zero-order valence-corrected chi connectivity index (χ0v) is 11.7. The van der Waals surface area contributed by atoms with Crippen molar-refractivity contribution in [3.05, 3.63) is 23.8 Å². The van der Waals surface area contributed by atoms with E-state index in [1.807, 2.05) is 0 Å². The van der Waals surface area contributed by atoms with Crippen LogP contribution in [0.5, 0.6) is 11.5 Å². The molecule has 1 unspecified atom stereocenters. The Hall–Kier alpha value is -1.75. The molecule has 3 N–H and O–H groups in total. The number of rotatable bonds is 7. The molecule has 0 aliphatic rings. The number of nitrogens with one attached hydrogen (secondary N) is 1. The minimum absolute atomic E-state index is 0.167. The van der Waals surface area contributed by atoms with E-state index in [4.69, 9.17) is 15.2 Å². The summed E-state index contributed by atoms with van der Waals surface area (Å²) in [6, 6.07) is 5.23. The second-order valence-corrected chi connectivity index (χ2v) is 4.43. The average Bonchev–Trinajstić information content (AvgIpc) is 2.44. The van der Waals surface area contributed by atoms with Crippen LogP contribution in [0, 0.1) is 5.92 Å². The molecule has 0 bridgehead atoms. The van der Waals surface area contributed by atoms with Crippen molar-refractivity contribution in [3.63, 3.8) is 0 Å². The zero-order valence-electron chi connectivity index (χ0n) is 11.7. The van der Waals surface area contributed by atoms with E-state index in [9.17, 15) is 4.79 Å². The summed E-state index contributed by atoms with van der Waals surface area (Å²) in [4.78, 5) is 12.1. The van der Waals surface area contributed by atoms with Crippen molar-refractivity contribution < 1.29 is 14.3 Å². The quantitative estimate of drug-likeness (QED) is 0.782. The standard InChI is InChI=1S/C14H22N2O3/c1-10(7-8-15)9-16-14(17)11-5-4-6-12(18-2)13(11)19-3/h4-6,10H,7-9,15H2,1-3H3,(H,16,17). The van der Waals surface area contributed by atoms with Gasteiger partial charge in [-0.05, 0) is 31.0 Å². The van der Waals surface area contributed by atoms with Gasteiger partial charge in [0.15, 0.2) is 11.5 Å². The number of hydrogen-bond acceptors (Lipinski definition) is 4. The maximum atomic E-state index is 12.1. The van der Waals surface area contributed by atoms with Gasteiger partial charge >= 0.3 is 0 Å². The molecule has 1 aromatic carbocycles. The molecule has 19 heavy (non-hydrogen) atoms. The van der Waals surface area contributed by atoms with Gasteiger partial charge in [0, 0.05) is 6.54 Å². The molecule has 0 aliphatic carbocycles. The fraction of sp³-hybridized carbons (Fsp3) is 0.500. The molecule has 0 saturated heterocycles. The number of carbonyl (C=O) groups excluding carboxylic acids is 1. The normalized spacial score (nSPS) is 11.8. The van der Waals surface area contributed by atoms with Gasteiger partial charge in [0.05, 0.1) is 19.8 Å². The third-order valence-corrected chi connectivity index (χ3v) is 2.92. The van der Waals surface area contributed by atoms with Gasteiger partial charge in [0.25, 0.3) is 5.91 Å². The molecule has 0 aromatic heterocycles. The first-order valence-electron chi connectivity index (χ1n) is 6.33. The lowest BCUT2D eigenvalue weighted by molar-refractivity contribution is 0.0944. The Morgan fingerprint density at radius 3 is 2.68 bits per heavy atom.